The molecule has 0 radical (unpaired) electrons. The zero-order valence-electron chi connectivity index (χ0n) is 17.3. The molecule has 0 aromatic rings. The van der Waals surface area contributed by atoms with Gasteiger partial charge in [0.25, 0.3) is 0 Å². The van der Waals surface area contributed by atoms with Gasteiger partial charge in [0.15, 0.2) is 11.7 Å². The number of hydrogen-bond acceptors (Lipinski definition) is 6. The van der Waals surface area contributed by atoms with Gasteiger partial charge in [0.05, 0.1) is 13.2 Å². The summed E-state index contributed by atoms with van der Waals surface area (Å²) in [5.41, 5.74) is -1.17. The van der Waals surface area contributed by atoms with E-state index in [1.165, 1.54) is 0 Å². The Morgan fingerprint density at radius 3 is 1.81 bits per heavy atom. The van der Waals surface area contributed by atoms with Gasteiger partial charge in [-0.15, -0.1) is 0 Å². The summed E-state index contributed by atoms with van der Waals surface area (Å²) in [4.78, 5) is 36.0. The highest BCUT2D eigenvalue weighted by Gasteiger charge is 2.43. The Balaban J connectivity index is 5.28. The third-order valence-electron chi connectivity index (χ3n) is 4.21. The van der Waals surface area contributed by atoms with Gasteiger partial charge in [0, 0.05) is 0 Å². The Morgan fingerprint density at radius 1 is 0.808 bits per heavy atom. The fraction of sp³-hybridized carbons (Fsp3) is 0.900. The van der Waals surface area contributed by atoms with E-state index in [9.17, 15) is 9.59 Å². The largest absolute Gasteiger partial charge is 0.464 e. The molecule has 1 unspecified atom stereocenters. The zero-order chi connectivity index (χ0) is 19.8. The van der Waals surface area contributed by atoms with Crippen LogP contribution >= 0.6 is 0 Å². The van der Waals surface area contributed by atoms with E-state index in [-0.39, 0.29) is 13.2 Å². The number of rotatable bonds is 16. The van der Waals surface area contributed by atoms with Crippen LogP contribution < -0.4 is 0 Å². The Labute approximate surface area is 158 Å². The van der Waals surface area contributed by atoms with E-state index in [0.717, 1.165) is 38.5 Å². The van der Waals surface area contributed by atoms with E-state index in [0.29, 0.717) is 19.3 Å². The molecule has 1 atom stereocenters. The van der Waals surface area contributed by atoms with Crippen molar-refractivity contribution in [2.75, 3.05) is 13.2 Å². The van der Waals surface area contributed by atoms with E-state index < -0.39 is 23.6 Å². The first-order valence-corrected chi connectivity index (χ1v) is 10.2. The van der Waals surface area contributed by atoms with Crippen molar-refractivity contribution < 1.29 is 28.8 Å². The minimum absolute atomic E-state index is 0.277. The number of hydrogen-bond donors (Lipinski definition) is 0. The first-order chi connectivity index (χ1) is 12.5. The molecule has 0 saturated heterocycles. The Bertz CT molecular complexity index is 374. The highest BCUT2D eigenvalue weighted by Crippen LogP contribution is 2.29. The van der Waals surface area contributed by atoms with E-state index in [2.05, 4.69) is 13.8 Å². The molecule has 6 heteroatoms. The minimum atomic E-state index is -1.17. The van der Waals surface area contributed by atoms with Crippen molar-refractivity contribution in [1.29, 1.82) is 0 Å². The normalized spacial score (nSPS) is 12.7. The Morgan fingerprint density at radius 2 is 1.35 bits per heavy atom. The van der Waals surface area contributed by atoms with Crippen LogP contribution in [0.1, 0.15) is 92.4 Å². The first kappa shape index (κ1) is 24.9. The summed E-state index contributed by atoms with van der Waals surface area (Å²) in [5, 5.41) is 0. The fourth-order valence-electron chi connectivity index (χ4n) is 2.61. The first-order valence-electron chi connectivity index (χ1n) is 10.2. The molecule has 0 rings (SSSR count). The summed E-state index contributed by atoms with van der Waals surface area (Å²) < 4.78 is 10.3. The van der Waals surface area contributed by atoms with Crippen LogP contribution in [0.25, 0.3) is 0 Å². The highest BCUT2D eigenvalue weighted by atomic mass is 17.2. The summed E-state index contributed by atoms with van der Waals surface area (Å²) in [5.74, 6) is -0.871. The second-order valence-electron chi connectivity index (χ2n) is 6.48. The van der Waals surface area contributed by atoms with Gasteiger partial charge in [-0.2, -0.15) is 0 Å². The summed E-state index contributed by atoms with van der Waals surface area (Å²) >= 11 is 0. The van der Waals surface area contributed by atoms with Crippen molar-refractivity contribution in [3.63, 3.8) is 0 Å². The summed E-state index contributed by atoms with van der Waals surface area (Å²) in [6.07, 6.45) is 5.88. The monoisotopic (exact) mass is 374 g/mol. The molecule has 0 amide bonds. The van der Waals surface area contributed by atoms with Crippen LogP contribution in [0, 0.1) is 0 Å². The molecule has 0 aromatic carbocycles. The molecule has 6 nitrogen and oxygen atoms in total. The Kier molecular flexibility index (Phi) is 14.3. The van der Waals surface area contributed by atoms with E-state index >= 15 is 0 Å². The zero-order valence-corrected chi connectivity index (χ0v) is 17.3. The van der Waals surface area contributed by atoms with Crippen LogP contribution in [0.3, 0.4) is 0 Å². The van der Waals surface area contributed by atoms with Crippen LogP contribution in [0.15, 0.2) is 0 Å². The lowest BCUT2D eigenvalue weighted by Gasteiger charge is -2.31. The van der Waals surface area contributed by atoms with Crippen molar-refractivity contribution in [2.24, 2.45) is 0 Å². The van der Waals surface area contributed by atoms with E-state index in [4.69, 9.17) is 19.2 Å². The van der Waals surface area contributed by atoms with Crippen LogP contribution in [0.5, 0.6) is 0 Å². The summed E-state index contributed by atoms with van der Waals surface area (Å²) in [7, 11) is 0. The number of ether oxygens (including phenoxy) is 2. The van der Waals surface area contributed by atoms with Crippen molar-refractivity contribution in [2.45, 2.75) is 104 Å². The highest BCUT2D eigenvalue weighted by molar-refractivity contribution is 5.79. The third-order valence-corrected chi connectivity index (χ3v) is 4.21. The van der Waals surface area contributed by atoms with Gasteiger partial charge in [0.1, 0.15) is 0 Å². The molecule has 0 aliphatic rings. The van der Waals surface area contributed by atoms with Gasteiger partial charge < -0.3 is 9.47 Å². The molecule has 0 heterocycles. The summed E-state index contributed by atoms with van der Waals surface area (Å²) in [6, 6.07) is 0. The van der Waals surface area contributed by atoms with E-state index in [1.807, 2.05) is 6.92 Å². The molecule has 0 fully saturated rings. The van der Waals surface area contributed by atoms with Gasteiger partial charge in [0.2, 0.25) is 0 Å². The third kappa shape index (κ3) is 8.99. The van der Waals surface area contributed by atoms with Gasteiger partial charge >= 0.3 is 11.9 Å². The lowest BCUT2D eigenvalue weighted by molar-refractivity contribution is -0.377. The minimum Gasteiger partial charge on any atom is -0.464 e. The standard InChI is InChI=1S/C20H38O6/c1-6-11-14-17(18(21)23-9-4)25-26-20(15-12-7-2,16-13-8-3)19(22)24-10-5/h17H,6-16H2,1-5H3. The lowest BCUT2D eigenvalue weighted by Crippen LogP contribution is -2.45. The topological polar surface area (TPSA) is 71.1 Å². The molecule has 0 aliphatic carbocycles. The predicted octanol–water partition coefficient (Wildman–Crippen LogP) is 4.74. The van der Waals surface area contributed by atoms with Gasteiger partial charge in [-0.1, -0.05) is 59.3 Å². The molecule has 0 aliphatic heterocycles. The maximum absolute atomic E-state index is 12.7. The SMILES string of the molecule is CCCCC(OOC(CCCC)(CCCC)C(=O)OCC)C(=O)OCC. The van der Waals surface area contributed by atoms with Crippen LogP contribution in [-0.2, 0) is 28.8 Å². The number of unbranched alkanes of at least 4 members (excludes halogenated alkanes) is 3. The van der Waals surface area contributed by atoms with Gasteiger partial charge in [-0.05, 0) is 33.1 Å². The maximum atomic E-state index is 12.7. The van der Waals surface area contributed by atoms with Crippen molar-refractivity contribution in [3.05, 3.63) is 0 Å². The maximum Gasteiger partial charge on any atom is 0.341 e. The molecular formula is C20H38O6. The van der Waals surface area contributed by atoms with Gasteiger partial charge in [-0.3, -0.25) is 0 Å². The molecular weight excluding hydrogens is 336 g/mol. The summed E-state index contributed by atoms with van der Waals surface area (Å²) in [6.45, 7) is 10.2. The second kappa shape index (κ2) is 15.0. The van der Waals surface area contributed by atoms with Crippen LogP contribution in [-0.4, -0.2) is 36.9 Å². The average Bonchev–Trinajstić information content (AvgIpc) is 2.63. The van der Waals surface area contributed by atoms with Crippen molar-refractivity contribution >= 4 is 11.9 Å². The molecule has 0 saturated carbocycles. The molecule has 154 valence electrons. The van der Waals surface area contributed by atoms with E-state index in [1.54, 1.807) is 13.8 Å². The van der Waals surface area contributed by atoms with Crippen LogP contribution in [0.2, 0.25) is 0 Å². The average molecular weight is 375 g/mol. The number of carbonyl (C=O) groups is 2. The van der Waals surface area contributed by atoms with Gasteiger partial charge in [-0.25, -0.2) is 19.4 Å². The fourth-order valence-corrected chi connectivity index (χ4v) is 2.61. The molecule has 0 spiro atoms. The molecule has 0 N–H and O–H groups in total. The molecule has 26 heavy (non-hydrogen) atoms. The molecule has 0 aromatic heterocycles. The predicted molar refractivity (Wildman–Crippen MR) is 101 cm³/mol. The smallest absolute Gasteiger partial charge is 0.341 e. The molecule has 0 bridgehead atoms. The number of carbonyl (C=O) groups excluding carboxylic acids is 2. The Hall–Kier alpha value is -1.14. The number of esters is 2. The van der Waals surface area contributed by atoms with Crippen molar-refractivity contribution in [3.8, 4) is 0 Å². The van der Waals surface area contributed by atoms with Crippen LogP contribution in [0.4, 0.5) is 0 Å². The van der Waals surface area contributed by atoms with Crippen molar-refractivity contribution in [1.82, 2.24) is 0 Å². The quantitative estimate of drug-likeness (QED) is 0.221. The lowest BCUT2D eigenvalue weighted by atomic mass is 9.91. The second-order valence-corrected chi connectivity index (χ2v) is 6.48.